The van der Waals surface area contributed by atoms with Crippen molar-refractivity contribution in [3.63, 3.8) is 0 Å². The van der Waals surface area contributed by atoms with Gasteiger partial charge in [0, 0.05) is 5.69 Å². The molecule has 0 bridgehead atoms. The van der Waals surface area contributed by atoms with Crippen LogP contribution in [0.4, 0.5) is 5.82 Å². The fourth-order valence-corrected chi connectivity index (χ4v) is 1.55. The second-order valence-electron chi connectivity index (χ2n) is 3.76. The molecule has 2 heterocycles. The van der Waals surface area contributed by atoms with E-state index in [1.165, 1.54) is 0 Å². The number of anilines is 1. The third-order valence-corrected chi connectivity index (χ3v) is 2.34. The van der Waals surface area contributed by atoms with Crippen molar-refractivity contribution in [3.8, 4) is 5.69 Å². The molecule has 2 N–H and O–H groups in total. The maximum absolute atomic E-state index is 5.84. The summed E-state index contributed by atoms with van der Waals surface area (Å²) in [5.41, 5.74) is 8.49. The van der Waals surface area contributed by atoms with Crippen LogP contribution in [0.25, 0.3) is 5.69 Å². The first-order valence-electron chi connectivity index (χ1n) is 5.35. The largest absolute Gasteiger partial charge is 0.382 e. The number of pyridine rings is 1. The number of nitrogens with two attached hydrogens (primary N) is 1. The number of nitrogen functional groups attached to an aromatic ring is 1. The summed E-state index contributed by atoms with van der Waals surface area (Å²) < 4.78 is 1.67. The number of aryl methyl sites for hydroxylation is 2. The minimum absolute atomic E-state index is 0.480. The van der Waals surface area contributed by atoms with Gasteiger partial charge in [0.05, 0.1) is 11.9 Å². The van der Waals surface area contributed by atoms with Crippen LogP contribution in [0.1, 0.15) is 24.7 Å². The molecule has 5 nitrogen and oxygen atoms in total. The molecule has 0 amide bonds. The van der Waals surface area contributed by atoms with Gasteiger partial charge in [-0.1, -0.05) is 18.6 Å². The number of hydrogen-bond donors (Lipinski definition) is 1. The van der Waals surface area contributed by atoms with Gasteiger partial charge in [-0.3, -0.25) is 0 Å². The van der Waals surface area contributed by atoms with E-state index in [0.717, 1.165) is 29.9 Å². The molecule has 5 heteroatoms. The fourth-order valence-electron chi connectivity index (χ4n) is 1.55. The molecule has 2 rings (SSSR count). The summed E-state index contributed by atoms with van der Waals surface area (Å²) in [7, 11) is 0. The van der Waals surface area contributed by atoms with E-state index < -0.39 is 0 Å². The van der Waals surface area contributed by atoms with Gasteiger partial charge < -0.3 is 5.73 Å². The molecule has 0 radical (unpaired) electrons. The molecule has 0 aliphatic heterocycles. The van der Waals surface area contributed by atoms with Gasteiger partial charge in [-0.25, -0.2) is 9.67 Å². The number of aromatic nitrogens is 4. The second-order valence-corrected chi connectivity index (χ2v) is 3.76. The molecule has 0 aliphatic carbocycles. The lowest BCUT2D eigenvalue weighted by molar-refractivity contribution is 0.790. The third kappa shape index (κ3) is 2.03. The van der Waals surface area contributed by atoms with Crippen molar-refractivity contribution in [1.82, 2.24) is 20.0 Å². The standard InChI is InChI=1S/C11H15N5/c1-3-4-9-7-16(15-14-9)10-6-5-8(2)13-11(10)12/h5-7H,3-4H2,1-2H3,(H2,12,13). The lowest BCUT2D eigenvalue weighted by Gasteiger charge is -2.03. The molecule has 0 aliphatic rings. The van der Waals surface area contributed by atoms with E-state index in [9.17, 15) is 0 Å². The van der Waals surface area contributed by atoms with Gasteiger partial charge in [0.25, 0.3) is 0 Å². The lowest BCUT2D eigenvalue weighted by Crippen LogP contribution is -2.03. The van der Waals surface area contributed by atoms with Crippen molar-refractivity contribution < 1.29 is 0 Å². The lowest BCUT2D eigenvalue weighted by atomic mass is 10.3. The SMILES string of the molecule is CCCc1cn(-c2ccc(C)nc2N)nn1. The van der Waals surface area contributed by atoms with Gasteiger partial charge in [-0.2, -0.15) is 0 Å². The molecule has 84 valence electrons. The molecule has 0 unspecified atom stereocenters. The summed E-state index contributed by atoms with van der Waals surface area (Å²) in [5, 5.41) is 8.12. The first kappa shape index (κ1) is 10.6. The van der Waals surface area contributed by atoms with Crippen LogP contribution in [0.15, 0.2) is 18.3 Å². The summed E-state index contributed by atoms with van der Waals surface area (Å²) in [4.78, 5) is 4.19. The van der Waals surface area contributed by atoms with E-state index >= 15 is 0 Å². The Morgan fingerprint density at radius 2 is 2.19 bits per heavy atom. The Morgan fingerprint density at radius 1 is 1.38 bits per heavy atom. The molecule has 0 saturated carbocycles. The van der Waals surface area contributed by atoms with Crippen molar-refractivity contribution in [3.05, 3.63) is 29.7 Å². The number of nitrogens with zero attached hydrogens (tertiary/aromatic N) is 4. The quantitative estimate of drug-likeness (QED) is 0.846. The zero-order valence-electron chi connectivity index (χ0n) is 9.51. The summed E-state index contributed by atoms with van der Waals surface area (Å²) in [5.74, 6) is 0.480. The van der Waals surface area contributed by atoms with E-state index in [1.54, 1.807) is 4.68 Å². The topological polar surface area (TPSA) is 69.6 Å². The predicted molar refractivity (Wildman–Crippen MR) is 62.3 cm³/mol. The smallest absolute Gasteiger partial charge is 0.149 e. The third-order valence-electron chi connectivity index (χ3n) is 2.34. The molecule has 16 heavy (non-hydrogen) atoms. The van der Waals surface area contributed by atoms with Gasteiger partial charge in [0.15, 0.2) is 0 Å². The van der Waals surface area contributed by atoms with Crippen LogP contribution in [-0.2, 0) is 6.42 Å². The highest BCUT2D eigenvalue weighted by atomic mass is 15.4. The minimum Gasteiger partial charge on any atom is -0.382 e. The van der Waals surface area contributed by atoms with Crippen LogP contribution < -0.4 is 5.73 Å². The molecule has 0 fully saturated rings. The van der Waals surface area contributed by atoms with E-state index in [1.807, 2.05) is 25.3 Å². The monoisotopic (exact) mass is 217 g/mol. The van der Waals surface area contributed by atoms with Gasteiger partial charge in [-0.15, -0.1) is 5.10 Å². The predicted octanol–water partition coefficient (Wildman–Crippen LogP) is 1.51. The molecule has 0 spiro atoms. The van der Waals surface area contributed by atoms with Crippen molar-refractivity contribution >= 4 is 5.82 Å². The fraction of sp³-hybridized carbons (Fsp3) is 0.364. The van der Waals surface area contributed by atoms with Gasteiger partial charge in [0.2, 0.25) is 0 Å². The van der Waals surface area contributed by atoms with Gasteiger partial charge in [0.1, 0.15) is 11.5 Å². The van der Waals surface area contributed by atoms with Crippen molar-refractivity contribution in [2.24, 2.45) is 0 Å². The Labute approximate surface area is 94.3 Å². The minimum atomic E-state index is 0.480. The van der Waals surface area contributed by atoms with Crippen LogP contribution in [0.3, 0.4) is 0 Å². The Balaban J connectivity index is 2.35. The maximum atomic E-state index is 5.84. The summed E-state index contributed by atoms with van der Waals surface area (Å²) in [6.07, 6.45) is 3.88. The molecule has 2 aromatic heterocycles. The molecular formula is C11H15N5. The molecule has 0 atom stereocenters. The van der Waals surface area contributed by atoms with Crippen molar-refractivity contribution in [2.45, 2.75) is 26.7 Å². The maximum Gasteiger partial charge on any atom is 0.149 e. The molecular weight excluding hydrogens is 202 g/mol. The zero-order chi connectivity index (χ0) is 11.5. The highest BCUT2D eigenvalue weighted by molar-refractivity contribution is 5.51. The zero-order valence-corrected chi connectivity index (χ0v) is 9.51. The first-order chi connectivity index (χ1) is 7.70. The van der Waals surface area contributed by atoms with E-state index in [4.69, 9.17) is 5.73 Å². The van der Waals surface area contributed by atoms with Gasteiger partial charge >= 0.3 is 0 Å². The second kappa shape index (κ2) is 4.30. The highest BCUT2D eigenvalue weighted by Gasteiger charge is 2.06. The van der Waals surface area contributed by atoms with Crippen molar-refractivity contribution in [2.75, 3.05) is 5.73 Å². The van der Waals surface area contributed by atoms with Gasteiger partial charge in [-0.05, 0) is 25.5 Å². The first-order valence-corrected chi connectivity index (χ1v) is 5.35. The van der Waals surface area contributed by atoms with E-state index in [-0.39, 0.29) is 0 Å². The van der Waals surface area contributed by atoms with Crippen LogP contribution in [-0.4, -0.2) is 20.0 Å². The number of hydrogen-bond acceptors (Lipinski definition) is 4. The average molecular weight is 217 g/mol. The summed E-state index contributed by atoms with van der Waals surface area (Å²) in [6.45, 7) is 4.02. The van der Waals surface area contributed by atoms with Crippen LogP contribution in [0, 0.1) is 6.92 Å². The molecule has 2 aromatic rings. The van der Waals surface area contributed by atoms with E-state index in [0.29, 0.717) is 5.82 Å². The Kier molecular flexibility index (Phi) is 2.85. The highest BCUT2D eigenvalue weighted by Crippen LogP contribution is 2.14. The Bertz CT molecular complexity index is 489. The Hall–Kier alpha value is -1.91. The normalized spacial score (nSPS) is 10.6. The van der Waals surface area contributed by atoms with E-state index in [2.05, 4.69) is 22.2 Å². The van der Waals surface area contributed by atoms with Crippen LogP contribution in [0.5, 0.6) is 0 Å². The number of rotatable bonds is 3. The van der Waals surface area contributed by atoms with Crippen LogP contribution >= 0.6 is 0 Å². The average Bonchev–Trinajstić information content (AvgIpc) is 2.67. The summed E-state index contributed by atoms with van der Waals surface area (Å²) in [6, 6.07) is 3.81. The Morgan fingerprint density at radius 3 is 2.88 bits per heavy atom. The van der Waals surface area contributed by atoms with Crippen molar-refractivity contribution in [1.29, 1.82) is 0 Å². The molecule has 0 saturated heterocycles. The molecule has 0 aromatic carbocycles. The van der Waals surface area contributed by atoms with Crippen LogP contribution in [0.2, 0.25) is 0 Å². The summed E-state index contributed by atoms with van der Waals surface area (Å²) >= 11 is 0.